The smallest absolute Gasteiger partial charge is 0.264 e. The molecule has 2 fully saturated rings. The van der Waals surface area contributed by atoms with Gasteiger partial charge in [-0.1, -0.05) is 12.1 Å². The highest BCUT2D eigenvalue weighted by Gasteiger charge is 2.39. The van der Waals surface area contributed by atoms with Crippen LogP contribution in [0.3, 0.4) is 0 Å². The number of sulfonamides is 1. The highest BCUT2D eigenvalue weighted by molar-refractivity contribution is 7.91. The largest absolute Gasteiger partial charge is 0.388 e. The third kappa shape index (κ3) is 5.86. The third-order valence-corrected chi connectivity index (χ3v) is 8.87. The van der Waals surface area contributed by atoms with Crippen molar-refractivity contribution in [2.75, 3.05) is 17.8 Å². The lowest BCUT2D eigenvalue weighted by atomic mass is 9.91. The molecule has 0 unspecified atom stereocenters. The van der Waals surface area contributed by atoms with Crippen LogP contribution in [-0.4, -0.2) is 62.4 Å². The molecule has 13 heteroatoms. The second-order valence-corrected chi connectivity index (χ2v) is 12.6. The van der Waals surface area contributed by atoms with Crippen LogP contribution in [0.4, 0.5) is 10.1 Å². The van der Waals surface area contributed by atoms with E-state index in [2.05, 4.69) is 14.8 Å². The summed E-state index contributed by atoms with van der Waals surface area (Å²) in [6.07, 6.45) is 5.46. The number of hydrogen-bond acceptors (Lipinski definition) is 7. The topological polar surface area (TPSA) is 139 Å². The first kappa shape index (κ1) is 27.1. The molecule has 0 spiro atoms. The predicted molar refractivity (Wildman–Crippen MR) is 149 cm³/mol. The average molecular weight is 581 g/mol. The summed E-state index contributed by atoms with van der Waals surface area (Å²) in [6.45, 7) is 0.997. The standard InChI is InChI=1S/C28H29FN6O5S/c29-21-5-1-19(2-6-21)16-41(39,40)32-22-7-9-23(10-8-22)35-25-24(15-31-35)27(37)34(18-30-25)17-28(38)11-13-33(14-12-28)26(36)20-3-4-20/h1-2,5-10,15,18,20,32,38H,3-4,11-14,16-17H2. The number of carbonyl (C=O) groups excluding carboxylic acids is 1. The van der Waals surface area contributed by atoms with Gasteiger partial charge in [0.2, 0.25) is 15.9 Å². The average Bonchev–Trinajstić information content (AvgIpc) is 3.71. The molecule has 41 heavy (non-hydrogen) atoms. The minimum atomic E-state index is -3.73. The van der Waals surface area contributed by atoms with Crippen LogP contribution in [0, 0.1) is 11.7 Å². The maximum Gasteiger partial charge on any atom is 0.264 e. The molecular weight excluding hydrogens is 551 g/mol. The van der Waals surface area contributed by atoms with E-state index in [1.165, 1.54) is 46.0 Å². The predicted octanol–water partition coefficient (Wildman–Crippen LogP) is 2.43. The minimum Gasteiger partial charge on any atom is -0.388 e. The van der Waals surface area contributed by atoms with E-state index in [-0.39, 0.29) is 35.1 Å². The zero-order chi connectivity index (χ0) is 28.8. The molecule has 3 heterocycles. The Hall–Kier alpha value is -4.10. The van der Waals surface area contributed by atoms with Crippen LogP contribution in [0.1, 0.15) is 31.2 Å². The Balaban J connectivity index is 1.14. The van der Waals surface area contributed by atoms with Crippen molar-refractivity contribution >= 4 is 32.7 Å². The summed E-state index contributed by atoms with van der Waals surface area (Å²) in [7, 11) is -3.73. The SMILES string of the molecule is O=C(C1CC1)N1CCC(O)(Cn2cnc3c(cnn3-c3ccc(NS(=O)(=O)Cc4ccc(F)cc4)cc3)c2=O)CC1. The summed E-state index contributed by atoms with van der Waals surface area (Å²) in [6, 6.07) is 11.7. The van der Waals surface area contributed by atoms with Crippen molar-refractivity contribution in [2.24, 2.45) is 5.92 Å². The Morgan fingerprint density at radius 3 is 2.41 bits per heavy atom. The van der Waals surface area contributed by atoms with E-state index in [9.17, 15) is 27.5 Å². The minimum absolute atomic E-state index is 0.0676. The van der Waals surface area contributed by atoms with Crippen LogP contribution in [0.25, 0.3) is 16.7 Å². The number of rotatable bonds is 8. The number of amides is 1. The Kier molecular flexibility index (Phi) is 6.86. The Bertz CT molecular complexity index is 1760. The van der Waals surface area contributed by atoms with E-state index < -0.39 is 21.4 Å². The molecule has 1 aliphatic heterocycles. The van der Waals surface area contributed by atoms with E-state index in [1.807, 2.05) is 4.90 Å². The molecule has 1 saturated heterocycles. The number of piperidine rings is 1. The molecule has 2 aliphatic rings. The molecule has 2 N–H and O–H groups in total. The van der Waals surface area contributed by atoms with Gasteiger partial charge in [0, 0.05) is 24.7 Å². The Morgan fingerprint density at radius 2 is 1.76 bits per heavy atom. The fourth-order valence-electron chi connectivity index (χ4n) is 5.14. The molecule has 1 amide bonds. The lowest BCUT2D eigenvalue weighted by molar-refractivity contribution is -0.137. The molecule has 4 aromatic rings. The van der Waals surface area contributed by atoms with Crippen LogP contribution in [0.2, 0.25) is 0 Å². The summed E-state index contributed by atoms with van der Waals surface area (Å²) in [5.41, 5.74) is 0.230. The van der Waals surface area contributed by atoms with Gasteiger partial charge in [-0.15, -0.1) is 0 Å². The molecule has 11 nitrogen and oxygen atoms in total. The maximum absolute atomic E-state index is 13.2. The van der Waals surface area contributed by atoms with Crippen molar-refractivity contribution in [1.29, 1.82) is 0 Å². The normalized spacial score (nSPS) is 17.1. The van der Waals surface area contributed by atoms with Gasteiger partial charge in [-0.2, -0.15) is 5.10 Å². The molecule has 2 aromatic heterocycles. The van der Waals surface area contributed by atoms with Crippen molar-refractivity contribution in [3.8, 4) is 5.69 Å². The molecule has 2 aromatic carbocycles. The molecule has 1 aliphatic carbocycles. The van der Waals surface area contributed by atoms with Gasteiger partial charge in [-0.25, -0.2) is 22.5 Å². The van der Waals surface area contributed by atoms with Crippen LogP contribution >= 0.6 is 0 Å². The zero-order valence-corrected chi connectivity index (χ0v) is 22.9. The molecule has 214 valence electrons. The van der Waals surface area contributed by atoms with Gasteiger partial charge in [0.05, 0.1) is 29.8 Å². The van der Waals surface area contributed by atoms with Crippen molar-refractivity contribution in [3.05, 3.63) is 82.8 Å². The van der Waals surface area contributed by atoms with Gasteiger partial charge >= 0.3 is 0 Å². The fraction of sp³-hybridized carbons (Fsp3) is 0.357. The van der Waals surface area contributed by atoms with Crippen molar-refractivity contribution in [2.45, 2.75) is 43.6 Å². The summed E-state index contributed by atoms with van der Waals surface area (Å²) in [4.78, 5) is 31.8. The highest BCUT2D eigenvalue weighted by Crippen LogP contribution is 2.33. The number of nitrogens with zero attached hydrogens (tertiary/aromatic N) is 5. The molecule has 1 saturated carbocycles. The van der Waals surface area contributed by atoms with E-state index in [4.69, 9.17) is 0 Å². The molecule has 0 bridgehead atoms. The summed E-state index contributed by atoms with van der Waals surface area (Å²) < 4.78 is 43.6. The van der Waals surface area contributed by atoms with Crippen molar-refractivity contribution in [3.63, 3.8) is 0 Å². The quantitative estimate of drug-likeness (QED) is 0.326. The van der Waals surface area contributed by atoms with Crippen LogP contribution in [-0.2, 0) is 27.1 Å². The van der Waals surface area contributed by atoms with Crippen LogP contribution in [0.15, 0.2) is 65.8 Å². The second kappa shape index (κ2) is 10.4. The van der Waals surface area contributed by atoms with Gasteiger partial charge in [-0.3, -0.25) is 18.9 Å². The summed E-state index contributed by atoms with van der Waals surface area (Å²) >= 11 is 0. The Labute approximate surface area is 235 Å². The number of aromatic nitrogens is 4. The van der Waals surface area contributed by atoms with Gasteiger partial charge < -0.3 is 10.0 Å². The number of benzene rings is 2. The number of fused-ring (bicyclic) bond motifs is 1. The van der Waals surface area contributed by atoms with Crippen LogP contribution < -0.4 is 10.3 Å². The maximum atomic E-state index is 13.2. The number of aliphatic hydroxyl groups is 1. The number of halogens is 1. The lowest BCUT2D eigenvalue weighted by Crippen LogP contribution is -2.50. The number of hydrogen-bond donors (Lipinski definition) is 2. The van der Waals surface area contributed by atoms with E-state index in [0.717, 1.165) is 12.8 Å². The Morgan fingerprint density at radius 1 is 1.07 bits per heavy atom. The summed E-state index contributed by atoms with van der Waals surface area (Å²) in [5.74, 6) is -0.443. The first-order valence-electron chi connectivity index (χ1n) is 13.4. The molecule has 0 radical (unpaired) electrons. The number of likely N-dealkylation sites (tertiary alicyclic amines) is 1. The zero-order valence-electron chi connectivity index (χ0n) is 22.1. The van der Waals surface area contributed by atoms with Gasteiger partial charge in [-0.05, 0) is 67.6 Å². The van der Waals surface area contributed by atoms with Gasteiger partial charge in [0.15, 0.2) is 5.65 Å². The highest BCUT2D eigenvalue weighted by atomic mass is 32.2. The van der Waals surface area contributed by atoms with Gasteiger partial charge in [0.25, 0.3) is 5.56 Å². The van der Waals surface area contributed by atoms with E-state index in [0.29, 0.717) is 48.5 Å². The summed E-state index contributed by atoms with van der Waals surface area (Å²) in [5, 5.41) is 15.7. The molecule has 0 atom stereocenters. The van der Waals surface area contributed by atoms with Crippen molar-refractivity contribution in [1.82, 2.24) is 24.2 Å². The first-order chi connectivity index (χ1) is 19.6. The third-order valence-electron chi connectivity index (χ3n) is 7.61. The second-order valence-electron chi connectivity index (χ2n) is 10.8. The number of anilines is 1. The number of carbonyl (C=O) groups is 1. The molecular formula is C28H29FN6O5S. The van der Waals surface area contributed by atoms with Crippen molar-refractivity contribution < 1.29 is 22.7 Å². The van der Waals surface area contributed by atoms with E-state index >= 15 is 0 Å². The molecule has 6 rings (SSSR count). The van der Waals surface area contributed by atoms with Gasteiger partial charge in [0.1, 0.15) is 17.5 Å². The van der Waals surface area contributed by atoms with E-state index in [1.54, 1.807) is 24.3 Å². The first-order valence-corrected chi connectivity index (χ1v) is 15.0. The monoisotopic (exact) mass is 580 g/mol. The van der Waals surface area contributed by atoms with Crippen LogP contribution in [0.5, 0.6) is 0 Å². The number of nitrogens with one attached hydrogen (secondary N) is 1. The fourth-order valence-corrected chi connectivity index (χ4v) is 6.34. The lowest BCUT2D eigenvalue weighted by Gasteiger charge is -2.38.